The van der Waals surface area contributed by atoms with Crippen LogP contribution in [0.15, 0.2) is 40.2 Å². The molecular weight excluding hydrogens is 330 g/mol. The van der Waals surface area contributed by atoms with Gasteiger partial charge in [-0.05, 0) is 29.6 Å². The number of halogens is 1. The molecule has 2 N–H and O–H groups in total. The van der Waals surface area contributed by atoms with Crippen LogP contribution in [0.3, 0.4) is 0 Å². The number of aromatic carboxylic acids is 1. The van der Waals surface area contributed by atoms with Gasteiger partial charge in [0.2, 0.25) is 5.91 Å². The van der Waals surface area contributed by atoms with E-state index in [1.54, 1.807) is 12.1 Å². The number of nitrogens with one attached hydrogen (secondary N) is 1. The van der Waals surface area contributed by atoms with Gasteiger partial charge in [-0.25, -0.2) is 4.79 Å². The van der Waals surface area contributed by atoms with E-state index in [9.17, 15) is 9.59 Å². The maximum absolute atomic E-state index is 11.9. The lowest BCUT2D eigenvalue weighted by Crippen LogP contribution is -2.16. The highest BCUT2D eigenvalue weighted by molar-refractivity contribution is 9.10. The summed E-state index contributed by atoms with van der Waals surface area (Å²) >= 11 is 4.74. The van der Waals surface area contributed by atoms with Gasteiger partial charge in [-0.1, -0.05) is 22.0 Å². The van der Waals surface area contributed by atoms with Crippen LogP contribution in [0.2, 0.25) is 0 Å². The average molecular weight is 340 g/mol. The van der Waals surface area contributed by atoms with Gasteiger partial charge in [0.05, 0.1) is 17.7 Å². The number of benzene rings is 1. The number of carbonyl (C=O) groups is 2. The zero-order valence-corrected chi connectivity index (χ0v) is 12.1. The summed E-state index contributed by atoms with van der Waals surface area (Å²) in [6.07, 6.45) is 0.239. The minimum absolute atomic E-state index is 0.0720. The van der Waals surface area contributed by atoms with Crippen molar-refractivity contribution in [3.8, 4) is 0 Å². The van der Waals surface area contributed by atoms with E-state index >= 15 is 0 Å². The van der Waals surface area contributed by atoms with Crippen molar-refractivity contribution in [2.45, 2.75) is 6.42 Å². The van der Waals surface area contributed by atoms with Crippen molar-refractivity contribution >= 4 is 44.8 Å². The first-order chi connectivity index (χ1) is 9.06. The molecule has 2 aromatic rings. The Balaban J connectivity index is 2.16. The fourth-order valence-electron chi connectivity index (χ4n) is 1.57. The predicted octanol–water partition coefficient (Wildman–Crippen LogP) is 3.39. The Kier molecular flexibility index (Phi) is 4.34. The molecule has 0 aliphatic carbocycles. The molecule has 0 saturated carbocycles. The molecule has 0 spiro atoms. The predicted molar refractivity (Wildman–Crippen MR) is 77.8 cm³/mol. The molecule has 0 atom stereocenters. The minimum atomic E-state index is -1.07. The quantitative estimate of drug-likeness (QED) is 0.897. The summed E-state index contributed by atoms with van der Waals surface area (Å²) in [5.41, 5.74) is 0.367. The Hall–Kier alpha value is -1.66. The average Bonchev–Trinajstić information content (AvgIpc) is 2.81. The number of amides is 1. The lowest BCUT2D eigenvalue weighted by atomic mass is 10.1. The van der Waals surface area contributed by atoms with Gasteiger partial charge in [0.15, 0.2) is 0 Å². The number of hydrogen-bond donors (Lipinski definition) is 2. The lowest BCUT2D eigenvalue weighted by molar-refractivity contribution is -0.115. The fourth-order valence-corrected chi connectivity index (χ4v) is 2.64. The lowest BCUT2D eigenvalue weighted by Gasteiger charge is -2.08. The largest absolute Gasteiger partial charge is 0.478 e. The molecular formula is C13H10BrNO3S. The second kappa shape index (κ2) is 5.99. The summed E-state index contributed by atoms with van der Waals surface area (Å²) in [4.78, 5) is 23.9. The van der Waals surface area contributed by atoms with E-state index in [1.807, 2.05) is 17.5 Å². The molecule has 1 amide bonds. The van der Waals surface area contributed by atoms with Crippen LogP contribution in [-0.2, 0) is 11.2 Å². The number of rotatable bonds is 4. The second-order valence-corrected chi connectivity index (χ2v) is 5.75. The van der Waals surface area contributed by atoms with Crippen molar-refractivity contribution in [1.82, 2.24) is 0 Å². The first kappa shape index (κ1) is 13.8. The third-order valence-electron chi connectivity index (χ3n) is 2.40. The maximum Gasteiger partial charge on any atom is 0.337 e. The van der Waals surface area contributed by atoms with E-state index in [0.717, 1.165) is 4.88 Å². The van der Waals surface area contributed by atoms with Crippen molar-refractivity contribution in [1.29, 1.82) is 0 Å². The van der Waals surface area contributed by atoms with E-state index in [1.165, 1.54) is 17.4 Å². The van der Waals surface area contributed by atoms with Crippen LogP contribution in [0.5, 0.6) is 0 Å². The smallest absolute Gasteiger partial charge is 0.337 e. The molecule has 4 nitrogen and oxygen atoms in total. The van der Waals surface area contributed by atoms with Crippen molar-refractivity contribution in [2.75, 3.05) is 5.32 Å². The molecule has 0 saturated heterocycles. The van der Waals surface area contributed by atoms with E-state index < -0.39 is 5.97 Å². The van der Waals surface area contributed by atoms with Crippen LogP contribution in [0.25, 0.3) is 0 Å². The van der Waals surface area contributed by atoms with Crippen molar-refractivity contribution in [3.05, 3.63) is 50.6 Å². The Morgan fingerprint density at radius 3 is 2.74 bits per heavy atom. The molecule has 1 aromatic heterocycles. The summed E-state index contributed by atoms with van der Waals surface area (Å²) in [5, 5.41) is 13.6. The van der Waals surface area contributed by atoms with E-state index in [4.69, 9.17) is 5.11 Å². The first-order valence-electron chi connectivity index (χ1n) is 5.41. The van der Waals surface area contributed by atoms with E-state index in [0.29, 0.717) is 10.2 Å². The van der Waals surface area contributed by atoms with Crippen LogP contribution in [0.4, 0.5) is 5.69 Å². The number of carboxylic acids is 1. The summed E-state index contributed by atoms with van der Waals surface area (Å²) in [7, 11) is 0. The topological polar surface area (TPSA) is 66.4 Å². The Labute approximate surface area is 122 Å². The van der Waals surface area contributed by atoms with Gasteiger partial charge < -0.3 is 10.4 Å². The molecule has 0 aliphatic rings. The number of thiophene rings is 1. The normalized spacial score (nSPS) is 10.2. The van der Waals surface area contributed by atoms with Gasteiger partial charge in [-0.3, -0.25) is 4.79 Å². The second-order valence-electron chi connectivity index (χ2n) is 3.80. The Morgan fingerprint density at radius 1 is 1.32 bits per heavy atom. The summed E-state index contributed by atoms with van der Waals surface area (Å²) in [6, 6.07) is 8.39. The zero-order chi connectivity index (χ0) is 13.8. The molecule has 0 radical (unpaired) electrons. The monoisotopic (exact) mass is 339 g/mol. The van der Waals surface area contributed by atoms with Gasteiger partial charge in [0.25, 0.3) is 0 Å². The summed E-state index contributed by atoms with van der Waals surface area (Å²) in [5.74, 6) is -1.30. The molecule has 0 fully saturated rings. The molecule has 98 valence electrons. The van der Waals surface area contributed by atoms with Crippen molar-refractivity contribution in [2.24, 2.45) is 0 Å². The highest BCUT2D eigenvalue weighted by atomic mass is 79.9. The van der Waals surface area contributed by atoms with Crippen LogP contribution >= 0.6 is 27.3 Å². The number of carboxylic acid groups (broad SMARTS) is 1. The molecule has 2 rings (SSSR count). The number of anilines is 1. The molecule has 1 aromatic carbocycles. The van der Waals surface area contributed by atoms with Crippen LogP contribution in [0, 0.1) is 0 Å². The highest BCUT2D eigenvalue weighted by Crippen LogP contribution is 2.22. The van der Waals surface area contributed by atoms with E-state index in [2.05, 4.69) is 21.2 Å². The van der Waals surface area contributed by atoms with Crippen molar-refractivity contribution < 1.29 is 14.7 Å². The highest BCUT2D eigenvalue weighted by Gasteiger charge is 2.13. The summed E-state index contributed by atoms with van der Waals surface area (Å²) < 4.78 is 0.712. The molecule has 19 heavy (non-hydrogen) atoms. The van der Waals surface area contributed by atoms with Crippen LogP contribution in [0.1, 0.15) is 15.2 Å². The fraction of sp³-hybridized carbons (Fsp3) is 0.0769. The Morgan fingerprint density at radius 2 is 2.11 bits per heavy atom. The van der Waals surface area contributed by atoms with Gasteiger partial charge in [-0.15, -0.1) is 11.3 Å². The molecule has 1 heterocycles. The standard InChI is InChI=1S/C13H10BrNO3S/c14-8-3-4-10(13(17)18)11(6-8)15-12(16)7-9-2-1-5-19-9/h1-6H,7H2,(H,15,16)(H,17,18). The summed E-state index contributed by atoms with van der Waals surface area (Å²) in [6.45, 7) is 0. The van der Waals surface area contributed by atoms with E-state index in [-0.39, 0.29) is 17.9 Å². The zero-order valence-electron chi connectivity index (χ0n) is 9.72. The van der Waals surface area contributed by atoms with Crippen LogP contribution < -0.4 is 5.32 Å². The molecule has 0 aliphatic heterocycles. The minimum Gasteiger partial charge on any atom is -0.478 e. The third kappa shape index (κ3) is 3.65. The number of carbonyl (C=O) groups excluding carboxylic acids is 1. The SMILES string of the molecule is O=C(Cc1cccs1)Nc1cc(Br)ccc1C(=O)O. The molecule has 6 heteroatoms. The van der Waals surface area contributed by atoms with Gasteiger partial charge in [0, 0.05) is 9.35 Å². The third-order valence-corrected chi connectivity index (χ3v) is 3.77. The number of hydrogen-bond acceptors (Lipinski definition) is 3. The maximum atomic E-state index is 11.9. The van der Waals surface area contributed by atoms with Crippen molar-refractivity contribution in [3.63, 3.8) is 0 Å². The molecule has 0 unspecified atom stereocenters. The van der Waals surface area contributed by atoms with Gasteiger partial charge >= 0.3 is 5.97 Å². The first-order valence-corrected chi connectivity index (χ1v) is 7.08. The molecule has 0 bridgehead atoms. The van der Waals surface area contributed by atoms with Gasteiger partial charge in [0.1, 0.15) is 0 Å². The van der Waals surface area contributed by atoms with Gasteiger partial charge in [-0.2, -0.15) is 0 Å². The van der Waals surface area contributed by atoms with Crippen LogP contribution in [-0.4, -0.2) is 17.0 Å². The Bertz CT molecular complexity index is 610.